The highest BCUT2D eigenvalue weighted by Gasteiger charge is 2.29. The molecule has 2 rings (SSSR count). The molecule has 0 bridgehead atoms. The number of hydrogen-bond donors (Lipinski definition) is 0. The Morgan fingerprint density at radius 3 is 2.76 bits per heavy atom. The van der Waals surface area contributed by atoms with Crippen LogP contribution in [-0.4, -0.2) is 19.0 Å². The van der Waals surface area contributed by atoms with Crippen molar-refractivity contribution in [3.05, 3.63) is 48.6 Å². The highest BCUT2D eigenvalue weighted by atomic mass is 16.7. The van der Waals surface area contributed by atoms with Crippen LogP contribution in [0.1, 0.15) is 31.2 Å². The van der Waals surface area contributed by atoms with E-state index >= 15 is 0 Å². The second-order valence-electron chi connectivity index (χ2n) is 4.37. The molecule has 2 heteroatoms. The quantitative estimate of drug-likeness (QED) is 0.740. The fourth-order valence-electron chi connectivity index (χ4n) is 2.36. The van der Waals surface area contributed by atoms with Crippen molar-refractivity contribution in [3.8, 4) is 0 Å². The molecule has 1 unspecified atom stereocenters. The van der Waals surface area contributed by atoms with Crippen molar-refractivity contribution in [3.63, 3.8) is 0 Å². The summed E-state index contributed by atoms with van der Waals surface area (Å²) in [7, 11) is 0. The molecule has 0 N–H and O–H groups in total. The second-order valence-corrected chi connectivity index (χ2v) is 4.37. The first-order valence-corrected chi connectivity index (χ1v) is 6.28. The molecule has 0 saturated carbocycles. The van der Waals surface area contributed by atoms with Crippen LogP contribution in [0.2, 0.25) is 0 Å². The molecule has 0 aromatic heterocycles. The molecule has 1 aromatic carbocycles. The summed E-state index contributed by atoms with van der Waals surface area (Å²) in [6, 6.07) is 10.6. The van der Waals surface area contributed by atoms with E-state index in [4.69, 9.17) is 9.47 Å². The summed E-state index contributed by atoms with van der Waals surface area (Å²) in [6.45, 7) is 6.52. The van der Waals surface area contributed by atoms with Crippen LogP contribution in [0.25, 0.3) is 0 Å². The summed E-state index contributed by atoms with van der Waals surface area (Å²) >= 11 is 0. The molecule has 1 aliphatic heterocycles. The lowest BCUT2D eigenvalue weighted by atomic mass is 9.88. The standard InChI is InChI=1S/C15H20O2/c1-3-14-10-13(11-15(17-14)16-4-2)12-8-6-5-7-9-12/h3,5-9,13-15H,1,4,10-11H2,2H3/t13-,14-,15?/m1/s1. The van der Waals surface area contributed by atoms with E-state index in [0.29, 0.717) is 12.5 Å². The molecule has 17 heavy (non-hydrogen) atoms. The number of ether oxygens (including phenoxy) is 2. The fraction of sp³-hybridized carbons (Fsp3) is 0.467. The van der Waals surface area contributed by atoms with Crippen LogP contribution in [0.3, 0.4) is 0 Å². The predicted octanol–water partition coefficient (Wildman–Crippen LogP) is 3.50. The zero-order chi connectivity index (χ0) is 12.1. The Hall–Kier alpha value is -1.12. The van der Waals surface area contributed by atoms with E-state index in [2.05, 4.69) is 30.8 Å². The minimum absolute atomic E-state index is 0.0954. The van der Waals surface area contributed by atoms with E-state index in [1.807, 2.05) is 19.1 Å². The molecule has 92 valence electrons. The lowest BCUT2D eigenvalue weighted by Crippen LogP contribution is -2.32. The van der Waals surface area contributed by atoms with Gasteiger partial charge in [-0.1, -0.05) is 36.4 Å². The van der Waals surface area contributed by atoms with Gasteiger partial charge in [0.2, 0.25) is 0 Å². The van der Waals surface area contributed by atoms with E-state index in [-0.39, 0.29) is 12.4 Å². The molecule has 3 atom stereocenters. The van der Waals surface area contributed by atoms with Crippen LogP contribution < -0.4 is 0 Å². The molecule has 0 radical (unpaired) electrons. The first kappa shape index (κ1) is 12.3. The van der Waals surface area contributed by atoms with Gasteiger partial charge in [0.05, 0.1) is 6.10 Å². The molecule has 1 heterocycles. The SMILES string of the molecule is C=C[C@@H]1C[C@@H](c2ccccc2)CC(OCC)O1. The van der Waals surface area contributed by atoms with Gasteiger partial charge in [-0.15, -0.1) is 6.58 Å². The van der Waals surface area contributed by atoms with Gasteiger partial charge in [-0.25, -0.2) is 0 Å². The Bertz CT molecular complexity index is 347. The van der Waals surface area contributed by atoms with Gasteiger partial charge >= 0.3 is 0 Å². The molecule has 0 aliphatic carbocycles. The summed E-state index contributed by atoms with van der Waals surface area (Å²) in [5.74, 6) is 0.504. The molecule has 2 nitrogen and oxygen atoms in total. The first-order chi connectivity index (χ1) is 8.33. The molecule has 0 spiro atoms. The highest BCUT2D eigenvalue weighted by molar-refractivity contribution is 5.20. The van der Waals surface area contributed by atoms with Gasteiger partial charge in [-0.2, -0.15) is 0 Å². The zero-order valence-corrected chi connectivity index (χ0v) is 10.3. The van der Waals surface area contributed by atoms with Gasteiger partial charge in [-0.05, 0) is 24.8 Å². The van der Waals surface area contributed by atoms with Crippen molar-refractivity contribution in [2.45, 2.75) is 38.1 Å². The summed E-state index contributed by atoms with van der Waals surface area (Å²) in [5, 5.41) is 0. The third-order valence-electron chi connectivity index (χ3n) is 3.21. The minimum atomic E-state index is -0.0954. The Morgan fingerprint density at radius 1 is 1.35 bits per heavy atom. The summed E-state index contributed by atoms with van der Waals surface area (Å²) in [4.78, 5) is 0. The van der Waals surface area contributed by atoms with E-state index in [0.717, 1.165) is 12.8 Å². The smallest absolute Gasteiger partial charge is 0.158 e. The van der Waals surface area contributed by atoms with Gasteiger partial charge in [0.1, 0.15) is 0 Å². The average Bonchev–Trinajstić information content (AvgIpc) is 2.40. The maximum absolute atomic E-state index is 5.79. The third-order valence-corrected chi connectivity index (χ3v) is 3.21. The van der Waals surface area contributed by atoms with Gasteiger partial charge < -0.3 is 9.47 Å². The Morgan fingerprint density at radius 2 is 2.12 bits per heavy atom. The Labute approximate surface area is 103 Å². The first-order valence-electron chi connectivity index (χ1n) is 6.28. The molecule has 1 aromatic rings. The number of rotatable bonds is 4. The van der Waals surface area contributed by atoms with Crippen molar-refractivity contribution >= 4 is 0 Å². The van der Waals surface area contributed by atoms with E-state index < -0.39 is 0 Å². The van der Waals surface area contributed by atoms with Gasteiger partial charge in [0.25, 0.3) is 0 Å². The summed E-state index contributed by atoms with van der Waals surface area (Å²) < 4.78 is 11.4. The normalized spacial score (nSPS) is 28.9. The lowest BCUT2D eigenvalue weighted by Gasteiger charge is -2.34. The Balaban J connectivity index is 2.09. The predicted molar refractivity (Wildman–Crippen MR) is 68.9 cm³/mol. The number of hydrogen-bond acceptors (Lipinski definition) is 2. The highest BCUT2D eigenvalue weighted by Crippen LogP contribution is 2.33. The van der Waals surface area contributed by atoms with Crippen LogP contribution in [0.5, 0.6) is 0 Å². The van der Waals surface area contributed by atoms with Crippen LogP contribution in [0.4, 0.5) is 0 Å². The summed E-state index contributed by atoms with van der Waals surface area (Å²) in [6.07, 6.45) is 3.81. The van der Waals surface area contributed by atoms with Crippen molar-refractivity contribution < 1.29 is 9.47 Å². The average molecular weight is 232 g/mol. The maximum atomic E-state index is 5.79. The van der Waals surface area contributed by atoms with E-state index in [1.165, 1.54) is 5.56 Å². The maximum Gasteiger partial charge on any atom is 0.158 e. The molecular formula is C15H20O2. The third kappa shape index (κ3) is 3.18. The van der Waals surface area contributed by atoms with E-state index in [9.17, 15) is 0 Å². The molecule has 1 aliphatic rings. The minimum Gasteiger partial charge on any atom is -0.353 e. The van der Waals surface area contributed by atoms with Crippen LogP contribution in [-0.2, 0) is 9.47 Å². The largest absolute Gasteiger partial charge is 0.353 e. The molecule has 0 amide bonds. The van der Waals surface area contributed by atoms with Crippen molar-refractivity contribution in [1.29, 1.82) is 0 Å². The lowest BCUT2D eigenvalue weighted by molar-refractivity contribution is -0.184. The molecule has 1 saturated heterocycles. The number of benzene rings is 1. The van der Waals surface area contributed by atoms with Gasteiger partial charge in [0.15, 0.2) is 6.29 Å². The zero-order valence-electron chi connectivity index (χ0n) is 10.3. The van der Waals surface area contributed by atoms with Crippen LogP contribution in [0.15, 0.2) is 43.0 Å². The molecular weight excluding hydrogens is 212 g/mol. The van der Waals surface area contributed by atoms with Gasteiger partial charge in [0, 0.05) is 13.0 Å². The van der Waals surface area contributed by atoms with Crippen molar-refractivity contribution in [2.75, 3.05) is 6.61 Å². The van der Waals surface area contributed by atoms with E-state index in [1.54, 1.807) is 0 Å². The van der Waals surface area contributed by atoms with Crippen molar-refractivity contribution in [1.82, 2.24) is 0 Å². The van der Waals surface area contributed by atoms with Crippen LogP contribution >= 0.6 is 0 Å². The van der Waals surface area contributed by atoms with Crippen LogP contribution in [0, 0.1) is 0 Å². The topological polar surface area (TPSA) is 18.5 Å². The molecule has 1 fully saturated rings. The second kappa shape index (κ2) is 5.99. The fourth-order valence-corrected chi connectivity index (χ4v) is 2.36. The monoisotopic (exact) mass is 232 g/mol. The Kier molecular flexibility index (Phi) is 4.35. The summed E-state index contributed by atoms with van der Waals surface area (Å²) in [5.41, 5.74) is 1.37. The van der Waals surface area contributed by atoms with Crippen molar-refractivity contribution in [2.24, 2.45) is 0 Å². The van der Waals surface area contributed by atoms with Gasteiger partial charge in [-0.3, -0.25) is 0 Å².